The highest BCUT2D eigenvalue weighted by Gasteiger charge is 2.18. The third kappa shape index (κ3) is 3.16. The van der Waals surface area contributed by atoms with Crippen LogP contribution in [0, 0.1) is 0 Å². The highest BCUT2D eigenvalue weighted by Crippen LogP contribution is 2.39. The SMILES string of the molecule is CCC(COC)NCc1cc(Br)c2c(c1)OCO2. The van der Waals surface area contributed by atoms with Crippen LogP contribution in [0.3, 0.4) is 0 Å². The summed E-state index contributed by atoms with van der Waals surface area (Å²) in [4.78, 5) is 0. The second kappa shape index (κ2) is 6.41. The Balaban J connectivity index is 1.99. The average molecular weight is 316 g/mol. The van der Waals surface area contributed by atoms with Gasteiger partial charge in [0.2, 0.25) is 6.79 Å². The molecule has 1 aromatic rings. The fourth-order valence-electron chi connectivity index (χ4n) is 1.91. The lowest BCUT2D eigenvalue weighted by atomic mass is 10.1. The van der Waals surface area contributed by atoms with Gasteiger partial charge in [0.25, 0.3) is 0 Å². The van der Waals surface area contributed by atoms with Crippen LogP contribution in [0.2, 0.25) is 0 Å². The highest BCUT2D eigenvalue weighted by atomic mass is 79.9. The molecule has 1 aliphatic rings. The summed E-state index contributed by atoms with van der Waals surface area (Å²) in [7, 11) is 1.72. The van der Waals surface area contributed by atoms with Crippen LogP contribution in [-0.2, 0) is 11.3 Å². The Hall–Kier alpha value is -0.780. The Morgan fingerprint density at radius 3 is 3.00 bits per heavy atom. The minimum atomic E-state index is 0.298. The first kappa shape index (κ1) is 13.6. The number of fused-ring (bicyclic) bond motifs is 1. The maximum absolute atomic E-state index is 5.40. The van der Waals surface area contributed by atoms with Gasteiger partial charge in [-0.15, -0.1) is 0 Å². The molecule has 1 heterocycles. The van der Waals surface area contributed by atoms with E-state index >= 15 is 0 Å². The molecule has 5 heteroatoms. The number of ether oxygens (including phenoxy) is 3. The van der Waals surface area contributed by atoms with E-state index < -0.39 is 0 Å². The number of methoxy groups -OCH3 is 1. The van der Waals surface area contributed by atoms with E-state index in [-0.39, 0.29) is 0 Å². The summed E-state index contributed by atoms with van der Waals surface area (Å²) in [5.41, 5.74) is 1.17. The van der Waals surface area contributed by atoms with Gasteiger partial charge in [-0.3, -0.25) is 0 Å². The lowest BCUT2D eigenvalue weighted by Gasteiger charge is -2.16. The molecule has 0 aromatic heterocycles. The van der Waals surface area contributed by atoms with Crippen molar-refractivity contribution in [1.82, 2.24) is 5.32 Å². The Kier molecular flexibility index (Phi) is 4.86. The van der Waals surface area contributed by atoms with Gasteiger partial charge < -0.3 is 19.5 Å². The normalized spacial score (nSPS) is 14.8. The summed E-state index contributed by atoms with van der Waals surface area (Å²) in [6, 6.07) is 4.44. The summed E-state index contributed by atoms with van der Waals surface area (Å²) in [5.74, 6) is 1.60. The van der Waals surface area contributed by atoms with E-state index in [4.69, 9.17) is 14.2 Å². The molecule has 2 rings (SSSR count). The molecule has 1 unspecified atom stereocenters. The van der Waals surface area contributed by atoms with Crippen LogP contribution in [0.25, 0.3) is 0 Å². The minimum absolute atomic E-state index is 0.298. The lowest BCUT2D eigenvalue weighted by Crippen LogP contribution is -2.31. The number of halogens is 1. The van der Waals surface area contributed by atoms with E-state index in [1.807, 2.05) is 6.07 Å². The Bertz CT molecular complexity index is 411. The van der Waals surface area contributed by atoms with E-state index in [1.54, 1.807) is 7.11 Å². The van der Waals surface area contributed by atoms with Gasteiger partial charge in [-0.25, -0.2) is 0 Å². The predicted molar refractivity (Wildman–Crippen MR) is 73.1 cm³/mol. The maximum Gasteiger partial charge on any atom is 0.231 e. The third-order valence-electron chi connectivity index (χ3n) is 2.94. The summed E-state index contributed by atoms with van der Waals surface area (Å²) in [5, 5.41) is 3.46. The fourth-order valence-corrected chi connectivity index (χ4v) is 2.51. The van der Waals surface area contributed by atoms with Crippen molar-refractivity contribution in [2.24, 2.45) is 0 Å². The van der Waals surface area contributed by atoms with E-state index in [9.17, 15) is 0 Å². The molecule has 0 aliphatic carbocycles. The smallest absolute Gasteiger partial charge is 0.231 e. The van der Waals surface area contributed by atoms with Gasteiger partial charge in [-0.05, 0) is 40.0 Å². The summed E-state index contributed by atoms with van der Waals surface area (Å²) in [6.45, 7) is 3.96. The zero-order valence-electron chi connectivity index (χ0n) is 10.7. The molecule has 1 atom stereocenters. The molecular formula is C13H18BrNO3. The Labute approximate surface area is 116 Å². The van der Waals surface area contributed by atoms with Crippen molar-refractivity contribution in [3.8, 4) is 11.5 Å². The van der Waals surface area contributed by atoms with Crippen molar-refractivity contribution < 1.29 is 14.2 Å². The van der Waals surface area contributed by atoms with Crippen LogP contribution in [0.4, 0.5) is 0 Å². The van der Waals surface area contributed by atoms with Crippen LogP contribution >= 0.6 is 15.9 Å². The molecule has 0 amide bonds. The fraction of sp³-hybridized carbons (Fsp3) is 0.538. The van der Waals surface area contributed by atoms with Gasteiger partial charge in [0, 0.05) is 19.7 Å². The molecule has 0 bridgehead atoms. The van der Waals surface area contributed by atoms with Crippen LogP contribution in [0.15, 0.2) is 16.6 Å². The Morgan fingerprint density at radius 1 is 1.44 bits per heavy atom. The van der Waals surface area contributed by atoms with E-state index in [1.165, 1.54) is 5.56 Å². The van der Waals surface area contributed by atoms with Crippen molar-refractivity contribution in [3.05, 3.63) is 22.2 Å². The first-order valence-corrected chi connectivity index (χ1v) is 6.84. The monoisotopic (exact) mass is 315 g/mol. The quantitative estimate of drug-likeness (QED) is 0.876. The first-order chi connectivity index (χ1) is 8.74. The van der Waals surface area contributed by atoms with Gasteiger partial charge in [0.05, 0.1) is 11.1 Å². The lowest BCUT2D eigenvalue weighted by molar-refractivity contribution is 0.164. The van der Waals surface area contributed by atoms with Crippen molar-refractivity contribution in [2.75, 3.05) is 20.5 Å². The molecule has 1 N–H and O–H groups in total. The van der Waals surface area contributed by atoms with Gasteiger partial charge >= 0.3 is 0 Å². The first-order valence-electron chi connectivity index (χ1n) is 6.05. The van der Waals surface area contributed by atoms with Crippen molar-refractivity contribution in [1.29, 1.82) is 0 Å². The number of hydrogen-bond acceptors (Lipinski definition) is 4. The van der Waals surface area contributed by atoms with Gasteiger partial charge in [-0.2, -0.15) is 0 Å². The van der Waals surface area contributed by atoms with Crippen LogP contribution in [-0.4, -0.2) is 26.6 Å². The molecule has 0 saturated carbocycles. The number of nitrogens with one attached hydrogen (secondary N) is 1. The number of benzene rings is 1. The predicted octanol–water partition coefficient (Wildman–Crippen LogP) is 2.69. The second-order valence-corrected chi connectivity index (χ2v) is 5.11. The molecule has 4 nitrogen and oxygen atoms in total. The summed E-state index contributed by atoms with van der Waals surface area (Å²) < 4.78 is 16.9. The van der Waals surface area contributed by atoms with Crippen LogP contribution in [0.5, 0.6) is 11.5 Å². The largest absolute Gasteiger partial charge is 0.454 e. The molecule has 100 valence electrons. The van der Waals surface area contributed by atoms with E-state index in [0.717, 1.165) is 35.5 Å². The topological polar surface area (TPSA) is 39.7 Å². The van der Waals surface area contributed by atoms with E-state index in [2.05, 4.69) is 34.2 Å². The van der Waals surface area contributed by atoms with Crippen molar-refractivity contribution in [3.63, 3.8) is 0 Å². The zero-order valence-corrected chi connectivity index (χ0v) is 12.2. The van der Waals surface area contributed by atoms with Gasteiger partial charge in [0.1, 0.15) is 0 Å². The number of rotatable bonds is 6. The number of hydrogen-bond donors (Lipinski definition) is 1. The molecule has 1 aliphatic heterocycles. The van der Waals surface area contributed by atoms with Crippen molar-refractivity contribution >= 4 is 15.9 Å². The molecule has 0 spiro atoms. The van der Waals surface area contributed by atoms with E-state index in [0.29, 0.717) is 12.8 Å². The summed E-state index contributed by atoms with van der Waals surface area (Å²) >= 11 is 3.50. The van der Waals surface area contributed by atoms with Gasteiger partial charge in [-0.1, -0.05) is 6.92 Å². The molecule has 1 aromatic carbocycles. The minimum Gasteiger partial charge on any atom is -0.454 e. The van der Waals surface area contributed by atoms with Crippen LogP contribution in [0.1, 0.15) is 18.9 Å². The second-order valence-electron chi connectivity index (χ2n) is 4.25. The molecule has 0 saturated heterocycles. The molecule has 18 heavy (non-hydrogen) atoms. The van der Waals surface area contributed by atoms with Crippen LogP contribution < -0.4 is 14.8 Å². The molecular weight excluding hydrogens is 298 g/mol. The molecule has 0 radical (unpaired) electrons. The molecule has 0 fully saturated rings. The highest BCUT2D eigenvalue weighted by molar-refractivity contribution is 9.10. The average Bonchev–Trinajstić information content (AvgIpc) is 2.83. The zero-order chi connectivity index (χ0) is 13.0. The van der Waals surface area contributed by atoms with Crippen molar-refractivity contribution in [2.45, 2.75) is 25.9 Å². The standard InChI is InChI=1S/C13H18BrNO3/c1-3-10(7-16-2)15-6-9-4-11(14)13-12(5-9)17-8-18-13/h4-5,10,15H,3,6-8H2,1-2H3. The third-order valence-corrected chi connectivity index (χ3v) is 3.53. The summed E-state index contributed by atoms with van der Waals surface area (Å²) in [6.07, 6.45) is 1.04. The maximum atomic E-state index is 5.40. The Morgan fingerprint density at radius 2 is 2.28 bits per heavy atom. The van der Waals surface area contributed by atoms with Gasteiger partial charge in [0.15, 0.2) is 11.5 Å².